The Hall–Kier alpha value is -4.67. The van der Waals surface area contributed by atoms with Gasteiger partial charge in [-0.25, -0.2) is 0 Å². The predicted molar refractivity (Wildman–Crippen MR) is 157 cm³/mol. The van der Waals surface area contributed by atoms with E-state index in [0.717, 1.165) is 21.7 Å². The molecule has 7 rings (SSSR count). The highest BCUT2D eigenvalue weighted by atomic mass is 32.2. The van der Waals surface area contributed by atoms with Crippen molar-refractivity contribution in [1.82, 2.24) is 10.2 Å². The number of anilines is 1. The van der Waals surface area contributed by atoms with Gasteiger partial charge in [0, 0.05) is 11.1 Å². The van der Waals surface area contributed by atoms with Crippen LogP contribution in [0.25, 0.3) is 21.7 Å². The lowest BCUT2D eigenvalue weighted by molar-refractivity contribution is -0.117. The number of carbonyl (C=O) groups excluding carboxylic acids is 2. The number of amides is 1. The summed E-state index contributed by atoms with van der Waals surface area (Å²) in [5.41, 5.74) is 1.55. The Bertz CT molecular complexity index is 1960. The summed E-state index contributed by atoms with van der Waals surface area (Å²) in [6.07, 6.45) is 0. The largest absolute Gasteiger partial charge is 0.503 e. The third kappa shape index (κ3) is 4.41. The number of aliphatic hydroxyl groups excluding tert-OH is 1. The number of benzene rings is 3. The molecule has 8 nitrogen and oxygen atoms in total. The van der Waals surface area contributed by atoms with E-state index in [1.807, 2.05) is 30.3 Å². The summed E-state index contributed by atoms with van der Waals surface area (Å²) in [6, 6.07) is 25.6. The van der Waals surface area contributed by atoms with Gasteiger partial charge in [0.25, 0.3) is 5.91 Å². The van der Waals surface area contributed by atoms with Gasteiger partial charge in [-0.05, 0) is 47.5 Å². The van der Waals surface area contributed by atoms with E-state index in [2.05, 4.69) is 34.5 Å². The molecule has 0 bridgehead atoms. The maximum absolute atomic E-state index is 13.7. The lowest BCUT2D eigenvalue weighted by Crippen LogP contribution is -2.30. The molecule has 0 unspecified atom stereocenters. The zero-order valence-corrected chi connectivity index (χ0v) is 23.2. The number of rotatable bonds is 7. The van der Waals surface area contributed by atoms with Crippen molar-refractivity contribution in [2.24, 2.45) is 0 Å². The number of carbonyl (C=O) groups is 2. The Morgan fingerprint density at radius 1 is 0.976 bits per heavy atom. The normalized spacial score (nSPS) is 15.5. The van der Waals surface area contributed by atoms with E-state index in [0.29, 0.717) is 27.2 Å². The third-order valence-corrected chi connectivity index (χ3v) is 9.07. The van der Waals surface area contributed by atoms with Crippen LogP contribution >= 0.6 is 23.1 Å². The van der Waals surface area contributed by atoms with Crippen molar-refractivity contribution in [3.8, 4) is 0 Å². The molecule has 0 fully saturated rings. The number of aryl methyl sites for hydroxylation is 1. The Morgan fingerprint density at radius 3 is 2.56 bits per heavy atom. The second-order valence-electron chi connectivity index (χ2n) is 9.54. The Morgan fingerprint density at radius 2 is 1.76 bits per heavy atom. The monoisotopic (exact) mass is 579 g/mol. The molecular weight excluding hydrogens is 558 g/mol. The number of Topliss-reactive ketones (excluding diaryl/α,β-unsaturated/α-hetero) is 1. The minimum absolute atomic E-state index is 0.0132. The van der Waals surface area contributed by atoms with Crippen LogP contribution in [0.2, 0.25) is 0 Å². The number of hydrogen-bond donors (Lipinski definition) is 1. The van der Waals surface area contributed by atoms with Gasteiger partial charge in [0.05, 0.1) is 5.57 Å². The molecular formula is C31H21N3O5S2. The summed E-state index contributed by atoms with van der Waals surface area (Å²) in [4.78, 5) is 28.5. The van der Waals surface area contributed by atoms with E-state index in [4.69, 9.17) is 8.83 Å². The van der Waals surface area contributed by atoms with Crippen molar-refractivity contribution < 1.29 is 23.5 Å². The molecule has 0 saturated heterocycles. The van der Waals surface area contributed by atoms with Crippen LogP contribution in [0.5, 0.6) is 0 Å². The first kappa shape index (κ1) is 25.3. The van der Waals surface area contributed by atoms with Crippen molar-refractivity contribution in [2.45, 2.75) is 23.1 Å². The first-order valence-electron chi connectivity index (χ1n) is 12.8. The summed E-state index contributed by atoms with van der Waals surface area (Å²) in [5.74, 6) is -0.454. The summed E-state index contributed by atoms with van der Waals surface area (Å²) in [6.45, 7) is 1.77. The Balaban J connectivity index is 1.22. The summed E-state index contributed by atoms with van der Waals surface area (Å²) in [7, 11) is 0. The molecule has 1 aliphatic rings. The highest BCUT2D eigenvalue weighted by molar-refractivity contribution is 8.00. The number of para-hydroxylation sites is 1. The minimum Gasteiger partial charge on any atom is -0.503 e. The number of nitrogens with zero attached hydrogens (tertiary/aromatic N) is 3. The Kier molecular flexibility index (Phi) is 6.21. The molecule has 6 aromatic rings. The Labute approximate surface area is 241 Å². The predicted octanol–water partition coefficient (Wildman–Crippen LogP) is 7.41. The third-order valence-electron chi connectivity index (χ3n) is 6.97. The lowest BCUT2D eigenvalue weighted by Gasteiger charge is -2.21. The van der Waals surface area contributed by atoms with E-state index < -0.39 is 23.5 Å². The molecule has 202 valence electrons. The van der Waals surface area contributed by atoms with Gasteiger partial charge in [-0.3, -0.25) is 14.5 Å². The van der Waals surface area contributed by atoms with Crippen molar-refractivity contribution in [3.05, 3.63) is 119 Å². The number of aromatic nitrogens is 2. The average molecular weight is 580 g/mol. The van der Waals surface area contributed by atoms with Crippen LogP contribution in [-0.4, -0.2) is 27.0 Å². The fourth-order valence-electron chi connectivity index (χ4n) is 5.05. The van der Waals surface area contributed by atoms with Crippen LogP contribution in [0.4, 0.5) is 5.13 Å². The van der Waals surface area contributed by atoms with Gasteiger partial charge in [-0.15, -0.1) is 10.2 Å². The first-order valence-corrected chi connectivity index (χ1v) is 14.6. The fraction of sp³-hybridized carbons (Fsp3) is 0.0968. The lowest BCUT2D eigenvalue weighted by atomic mass is 10.00. The van der Waals surface area contributed by atoms with Gasteiger partial charge in [-0.2, -0.15) is 0 Å². The van der Waals surface area contributed by atoms with Gasteiger partial charge in [0.15, 0.2) is 15.9 Å². The molecule has 0 spiro atoms. The first-order chi connectivity index (χ1) is 20.0. The fourth-order valence-corrected chi connectivity index (χ4v) is 6.92. The van der Waals surface area contributed by atoms with Crippen molar-refractivity contribution >= 4 is 61.7 Å². The molecule has 0 saturated carbocycles. The number of ketones is 1. The molecule has 41 heavy (non-hydrogen) atoms. The second-order valence-corrected chi connectivity index (χ2v) is 11.7. The highest BCUT2D eigenvalue weighted by Crippen LogP contribution is 2.44. The molecule has 1 amide bonds. The summed E-state index contributed by atoms with van der Waals surface area (Å²) < 4.78 is 12.3. The van der Waals surface area contributed by atoms with Gasteiger partial charge in [0.1, 0.15) is 23.1 Å². The maximum Gasteiger partial charge on any atom is 0.296 e. The molecule has 1 N–H and O–H groups in total. The zero-order chi connectivity index (χ0) is 28.1. The summed E-state index contributed by atoms with van der Waals surface area (Å²) >= 11 is 2.71. The van der Waals surface area contributed by atoms with Crippen LogP contribution < -0.4 is 4.90 Å². The van der Waals surface area contributed by atoms with Crippen LogP contribution in [0.1, 0.15) is 33.7 Å². The molecule has 0 radical (unpaired) electrons. The van der Waals surface area contributed by atoms with Crippen molar-refractivity contribution in [1.29, 1.82) is 0 Å². The molecule has 4 heterocycles. The molecule has 10 heteroatoms. The minimum atomic E-state index is -1.04. The molecule has 0 aliphatic carbocycles. The quantitative estimate of drug-likeness (QED) is 0.118. The standard InChI is InChI=1S/C31H21N3O5S2/c1-17-13-14-23(38-17)26-25(27(35)24-15-19-8-3-5-12-22(19)39-24)28(36)29(37)34(26)30-32-33-31(41-30)40-16-20-10-6-9-18-7-2-4-11-21(18)20/h2-15,26,36H,16H2,1H3/t26-/m0/s1. The molecule has 1 atom stereocenters. The maximum atomic E-state index is 13.7. The molecule has 3 aromatic carbocycles. The topological polar surface area (TPSA) is 110 Å². The van der Waals surface area contributed by atoms with Gasteiger partial charge >= 0.3 is 0 Å². The van der Waals surface area contributed by atoms with Crippen LogP contribution in [-0.2, 0) is 10.5 Å². The van der Waals surface area contributed by atoms with E-state index in [1.165, 1.54) is 28.0 Å². The smallest absolute Gasteiger partial charge is 0.296 e. The van der Waals surface area contributed by atoms with Crippen LogP contribution in [0.15, 0.2) is 109 Å². The molecule has 1 aliphatic heterocycles. The average Bonchev–Trinajstić information content (AvgIpc) is 3.78. The van der Waals surface area contributed by atoms with E-state index in [-0.39, 0.29) is 16.5 Å². The van der Waals surface area contributed by atoms with Gasteiger partial charge in [-0.1, -0.05) is 83.8 Å². The number of hydrogen-bond acceptors (Lipinski definition) is 9. The second kappa shape index (κ2) is 10.1. The van der Waals surface area contributed by atoms with Gasteiger partial charge < -0.3 is 13.9 Å². The SMILES string of the molecule is Cc1ccc([C@H]2C(C(=O)c3cc4ccccc4o3)=C(O)C(=O)N2c2nnc(SCc3cccc4ccccc34)s2)o1. The highest BCUT2D eigenvalue weighted by Gasteiger charge is 2.48. The van der Waals surface area contributed by atoms with Crippen molar-refractivity contribution in [3.63, 3.8) is 0 Å². The molecule has 3 aromatic heterocycles. The van der Waals surface area contributed by atoms with E-state index >= 15 is 0 Å². The van der Waals surface area contributed by atoms with E-state index in [1.54, 1.807) is 37.3 Å². The van der Waals surface area contributed by atoms with E-state index in [9.17, 15) is 14.7 Å². The number of thioether (sulfide) groups is 1. The van der Waals surface area contributed by atoms with Crippen molar-refractivity contribution in [2.75, 3.05) is 4.90 Å². The zero-order valence-electron chi connectivity index (χ0n) is 21.6. The summed E-state index contributed by atoms with van der Waals surface area (Å²) in [5, 5.41) is 22.9. The van der Waals surface area contributed by atoms with Gasteiger partial charge in [0.2, 0.25) is 10.9 Å². The van der Waals surface area contributed by atoms with Crippen LogP contribution in [0, 0.1) is 6.92 Å². The van der Waals surface area contributed by atoms with Crippen LogP contribution in [0.3, 0.4) is 0 Å². The number of aliphatic hydroxyl groups is 1. The number of furan rings is 2. The number of fused-ring (bicyclic) bond motifs is 2.